The third-order valence-electron chi connectivity index (χ3n) is 5.95. The van der Waals surface area contributed by atoms with Gasteiger partial charge in [-0.15, -0.1) is 0 Å². The van der Waals surface area contributed by atoms with E-state index in [1.807, 2.05) is 19.1 Å². The van der Waals surface area contributed by atoms with Gasteiger partial charge in [0.25, 0.3) is 5.79 Å². The van der Waals surface area contributed by atoms with Crippen molar-refractivity contribution in [3.05, 3.63) is 24.3 Å². The summed E-state index contributed by atoms with van der Waals surface area (Å²) in [6.07, 6.45) is 19.4. The molecule has 0 saturated heterocycles. The number of methoxy groups -OCH3 is 1. The van der Waals surface area contributed by atoms with Crippen molar-refractivity contribution in [1.29, 1.82) is 0 Å². The number of carboxylic acid groups (broad SMARTS) is 1. The highest BCUT2D eigenvalue weighted by Crippen LogP contribution is 2.33. The molecule has 0 heterocycles. The molecule has 0 radical (unpaired) electrons. The molecule has 1 aliphatic rings. The van der Waals surface area contributed by atoms with Crippen molar-refractivity contribution in [3.8, 4) is 0 Å². The van der Waals surface area contributed by atoms with Gasteiger partial charge in [-0.25, -0.2) is 4.79 Å². The lowest BCUT2D eigenvalue weighted by molar-refractivity contribution is -0.237. The molecule has 1 rings (SSSR count). The Morgan fingerprint density at radius 1 is 1.10 bits per heavy atom. The Morgan fingerprint density at radius 2 is 1.87 bits per heavy atom. The fraction of sp³-hybridized carbons (Fsp3) is 0.760. The van der Waals surface area contributed by atoms with Crippen LogP contribution in [-0.2, 0) is 19.1 Å². The minimum Gasteiger partial charge on any atom is -0.477 e. The van der Waals surface area contributed by atoms with Crippen LogP contribution >= 0.6 is 0 Å². The molecule has 0 aromatic carbocycles. The molecule has 30 heavy (non-hydrogen) atoms. The summed E-state index contributed by atoms with van der Waals surface area (Å²) in [4.78, 5) is 23.9. The number of carbonyl (C=O) groups is 2. The average molecular weight is 423 g/mol. The van der Waals surface area contributed by atoms with E-state index >= 15 is 0 Å². The molecule has 0 spiro atoms. The second-order valence-electron chi connectivity index (χ2n) is 8.26. The van der Waals surface area contributed by atoms with Crippen LogP contribution in [0.15, 0.2) is 24.3 Å². The lowest BCUT2D eigenvalue weighted by Gasteiger charge is -2.27. The number of aliphatic carboxylic acids is 1. The van der Waals surface area contributed by atoms with Gasteiger partial charge in [-0.1, -0.05) is 63.8 Å². The number of hydrogen-bond donors (Lipinski definition) is 1. The summed E-state index contributed by atoms with van der Waals surface area (Å²) in [5, 5.41) is 9.55. The maximum atomic E-state index is 12.3. The fourth-order valence-electron chi connectivity index (χ4n) is 3.94. The highest BCUT2D eigenvalue weighted by Gasteiger charge is 2.39. The van der Waals surface area contributed by atoms with Gasteiger partial charge in [0, 0.05) is 25.9 Å². The Hall–Kier alpha value is -1.46. The van der Waals surface area contributed by atoms with E-state index in [-0.39, 0.29) is 12.3 Å². The van der Waals surface area contributed by atoms with Crippen LogP contribution in [0.2, 0.25) is 0 Å². The molecule has 0 bridgehead atoms. The Kier molecular flexibility index (Phi) is 13.6. The zero-order valence-electron chi connectivity index (χ0n) is 19.2. The minimum atomic E-state index is -1.59. The van der Waals surface area contributed by atoms with Gasteiger partial charge in [0.1, 0.15) is 5.78 Å². The van der Waals surface area contributed by atoms with E-state index in [0.717, 1.165) is 25.7 Å². The molecule has 172 valence electrons. The normalized spacial score (nSPS) is 21.6. The van der Waals surface area contributed by atoms with Crippen LogP contribution in [0.4, 0.5) is 0 Å². The Bertz CT molecular complexity index is 554. The number of carbonyl (C=O) groups excluding carboxylic acids is 1. The Morgan fingerprint density at radius 3 is 2.53 bits per heavy atom. The number of unbranched alkanes of at least 4 members (excludes halogenated alkanes) is 5. The quantitative estimate of drug-likeness (QED) is 0.175. The molecule has 1 fully saturated rings. The van der Waals surface area contributed by atoms with Crippen molar-refractivity contribution in [2.75, 3.05) is 13.7 Å². The number of carboxylic acids is 1. The molecule has 3 atom stereocenters. The van der Waals surface area contributed by atoms with Crippen LogP contribution in [0.3, 0.4) is 0 Å². The van der Waals surface area contributed by atoms with E-state index in [1.54, 1.807) is 0 Å². The van der Waals surface area contributed by atoms with Crippen molar-refractivity contribution < 1.29 is 24.2 Å². The van der Waals surface area contributed by atoms with Gasteiger partial charge < -0.3 is 14.6 Å². The van der Waals surface area contributed by atoms with E-state index < -0.39 is 11.8 Å². The van der Waals surface area contributed by atoms with Gasteiger partial charge >= 0.3 is 5.97 Å². The molecule has 5 nitrogen and oxygen atoms in total. The summed E-state index contributed by atoms with van der Waals surface area (Å²) in [7, 11) is 1.38. The van der Waals surface area contributed by atoms with Gasteiger partial charge in [0.15, 0.2) is 0 Å². The Labute approximate surface area is 182 Å². The zero-order chi connectivity index (χ0) is 22.2. The highest BCUT2D eigenvalue weighted by atomic mass is 16.7. The third kappa shape index (κ3) is 9.13. The maximum absolute atomic E-state index is 12.3. The van der Waals surface area contributed by atoms with Crippen LogP contribution < -0.4 is 0 Å². The summed E-state index contributed by atoms with van der Waals surface area (Å²) >= 11 is 0. The number of ketones is 1. The number of allylic oxidation sites excluding steroid dienone is 4. The second-order valence-corrected chi connectivity index (χ2v) is 8.26. The highest BCUT2D eigenvalue weighted by molar-refractivity contribution is 5.83. The van der Waals surface area contributed by atoms with Gasteiger partial charge in [-0.3, -0.25) is 4.79 Å². The topological polar surface area (TPSA) is 72.8 Å². The first-order valence-corrected chi connectivity index (χ1v) is 11.8. The first-order chi connectivity index (χ1) is 14.5. The Balaban J connectivity index is 2.48. The van der Waals surface area contributed by atoms with Crippen LogP contribution in [0.5, 0.6) is 0 Å². The van der Waals surface area contributed by atoms with Crippen molar-refractivity contribution in [3.63, 3.8) is 0 Å². The molecule has 0 aromatic rings. The monoisotopic (exact) mass is 422 g/mol. The van der Waals surface area contributed by atoms with E-state index in [2.05, 4.69) is 19.1 Å². The number of Topliss-reactive ketones (excluding diaryl/α,β-unsaturated/α-hetero) is 1. The molecule has 1 unspecified atom stereocenters. The summed E-state index contributed by atoms with van der Waals surface area (Å²) in [5.74, 6) is -1.95. The standard InChI is InChI=1S/C25H42O5/c1-4-6-8-9-10-12-15-21-17-18-23(26)22(21)16-13-11-14-19-25(29-3,24(27)28)30-20-7-5-2/h11-13,15,21-22H,4-10,14,16-20H2,1-3H3,(H,27,28)/b13-11-,15-12+/t21-,22+,25?/m0/s1. The van der Waals surface area contributed by atoms with Gasteiger partial charge in [0.05, 0.1) is 6.61 Å². The predicted octanol–water partition coefficient (Wildman–Crippen LogP) is 6.08. The zero-order valence-corrected chi connectivity index (χ0v) is 19.2. The van der Waals surface area contributed by atoms with E-state index in [0.29, 0.717) is 37.6 Å². The third-order valence-corrected chi connectivity index (χ3v) is 5.95. The molecule has 1 N–H and O–H groups in total. The number of hydrogen-bond acceptors (Lipinski definition) is 4. The van der Waals surface area contributed by atoms with E-state index in [9.17, 15) is 14.7 Å². The van der Waals surface area contributed by atoms with Gasteiger partial charge in [-0.2, -0.15) is 0 Å². The summed E-state index contributed by atoms with van der Waals surface area (Å²) in [6.45, 7) is 4.61. The first kappa shape index (κ1) is 26.6. The second kappa shape index (κ2) is 15.4. The number of ether oxygens (including phenoxy) is 2. The van der Waals surface area contributed by atoms with Crippen molar-refractivity contribution in [1.82, 2.24) is 0 Å². The van der Waals surface area contributed by atoms with E-state index in [1.165, 1.54) is 32.8 Å². The average Bonchev–Trinajstić information content (AvgIpc) is 3.08. The molecule has 1 aliphatic carbocycles. The predicted molar refractivity (Wildman–Crippen MR) is 120 cm³/mol. The lowest BCUT2D eigenvalue weighted by Crippen LogP contribution is -2.43. The molecular formula is C25H42O5. The molecule has 0 amide bonds. The molecule has 0 aromatic heterocycles. The minimum absolute atomic E-state index is 0.0561. The first-order valence-electron chi connectivity index (χ1n) is 11.8. The molecule has 1 saturated carbocycles. The van der Waals surface area contributed by atoms with Crippen LogP contribution in [0.25, 0.3) is 0 Å². The fourth-order valence-corrected chi connectivity index (χ4v) is 3.94. The number of rotatable bonds is 17. The van der Waals surface area contributed by atoms with Gasteiger partial charge in [-0.05, 0) is 44.4 Å². The van der Waals surface area contributed by atoms with Crippen molar-refractivity contribution in [2.24, 2.45) is 11.8 Å². The lowest BCUT2D eigenvalue weighted by atomic mass is 9.91. The summed E-state index contributed by atoms with van der Waals surface area (Å²) < 4.78 is 10.8. The van der Waals surface area contributed by atoms with Crippen molar-refractivity contribution >= 4 is 11.8 Å². The van der Waals surface area contributed by atoms with E-state index in [4.69, 9.17) is 9.47 Å². The molecular weight excluding hydrogens is 380 g/mol. The van der Waals surface area contributed by atoms with Crippen LogP contribution in [0, 0.1) is 11.8 Å². The smallest absolute Gasteiger partial charge is 0.364 e. The molecule has 0 aliphatic heterocycles. The largest absolute Gasteiger partial charge is 0.477 e. The SMILES string of the molecule is CCCCCC/C=C/[C@H]1CCC(=O)[C@@H]1C/C=C\CCC(OC)(OCCCC)C(=O)O. The van der Waals surface area contributed by atoms with Crippen LogP contribution in [0.1, 0.15) is 90.9 Å². The summed E-state index contributed by atoms with van der Waals surface area (Å²) in [6, 6.07) is 0. The van der Waals surface area contributed by atoms with Gasteiger partial charge in [0.2, 0.25) is 0 Å². The maximum Gasteiger partial charge on any atom is 0.364 e. The summed E-state index contributed by atoms with van der Waals surface area (Å²) in [5.41, 5.74) is 0. The van der Waals surface area contributed by atoms with Crippen molar-refractivity contribution in [2.45, 2.75) is 96.7 Å². The molecule has 5 heteroatoms. The van der Waals surface area contributed by atoms with Crippen LogP contribution in [-0.4, -0.2) is 36.4 Å².